The lowest BCUT2D eigenvalue weighted by atomic mass is 10.2. The van der Waals surface area contributed by atoms with Crippen molar-refractivity contribution in [3.8, 4) is 0 Å². The third-order valence-corrected chi connectivity index (χ3v) is 3.07. The highest BCUT2D eigenvalue weighted by molar-refractivity contribution is 5.75. The monoisotopic (exact) mass is 435 g/mol. The van der Waals surface area contributed by atoms with Crippen molar-refractivity contribution in [3.05, 3.63) is 0 Å². The van der Waals surface area contributed by atoms with Gasteiger partial charge in [-0.3, -0.25) is 14.5 Å². The molecule has 10 nitrogen and oxygen atoms in total. The number of carboxylic acid groups (broad SMARTS) is 1. The average molecular weight is 436 g/mol. The molecule has 0 aliphatic carbocycles. The maximum atomic E-state index is 12.1. The smallest absolute Gasteiger partial charge is 0.329 e. The average Bonchev–Trinajstić information content (AvgIpc) is 2.52. The lowest BCUT2D eigenvalue weighted by Gasteiger charge is -2.26. The van der Waals surface area contributed by atoms with Gasteiger partial charge in [-0.1, -0.05) is 0 Å². The van der Waals surface area contributed by atoms with Gasteiger partial charge in [-0.05, 0) is 41.5 Å². The quantitative estimate of drug-likeness (QED) is 0.296. The minimum atomic E-state index is -1.03. The molecule has 0 aromatic carbocycles. The molecule has 0 aliphatic rings. The number of nitrogens with zero attached hydrogens (tertiary/aromatic N) is 1. The summed E-state index contributed by atoms with van der Waals surface area (Å²) >= 11 is 0. The van der Waals surface area contributed by atoms with Gasteiger partial charge in [0.2, 0.25) is 0 Å². The predicted molar refractivity (Wildman–Crippen MR) is 108 cm³/mol. The van der Waals surface area contributed by atoms with Crippen LogP contribution in [0, 0.1) is 0 Å². The number of carbonyl (C=O) groups excluding carboxylic acids is 2. The van der Waals surface area contributed by atoms with Crippen molar-refractivity contribution >= 4 is 17.9 Å². The second kappa shape index (κ2) is 14.3. The Bertz CT molecular complexity index is 493. The van der Waals surface area contributed by atoms with Crippen LogP contribution in [0.1, 0.15) is 41.5 Å². The van der Waals surface area contributed by atoms with E-state index >= 15 is 0 Å². The van der Waals surface area contributed by atoms with Gasteiger partial charge in [0.25, 0.3) is 0 Å². The van der Waals surface area contributed by atoms with Crippen molar-refractivity contribution in [2.75, 3.05) is 59.3 Å². The van der Waals surface area contributed by atoms with Crippen LogP contribution < -0.4 is 0 Å². The van der Waals surface area contributed by atoms with Crippen LogP contribution in [0.15, 0.2) is 0 Å². The van der Waals surface area contributed by atoms with Crippen molar-refractivity contribution in [1.82, 2.24) is 4.90 Å². The molecule has 0 rings (SSSR count). The Morgan fingerprint density at radius 3 is 1.50 bits per heavy atom. The van der Waals surface area contributed by atoms with Gasteiger partial charge in [0.05, 0.1) is 46.1 Å². The molecule has 0 aromatic heterocycles. The van der Waals surface area contributed by atoms with Gasteiger partial charge in [-0.25, -0.2) is 4.79 Å². The zero-order chi connectivity index (χ0) is 23.2. The fourth-order valence-corrected chi connectivity index (χ4v) is 2.12. The van der Waals surface area contributed by atoms with E-state index in [9.17, 15) is 14.4 Å². The Kier molecular flexibility index (Phi) is 13.5. The van der Waals surface area contributed by atoms with Crippen LogP contribution in [-0.2, 0) is 38.1 Å². The number of aliphatic carboxylic acids is 1. The first-order valence-corrected chi connectivity index (χ1v) is 9.89. The molecule has 0 spiro atoms. The fourth-order valence-electron chi connectivity index (χ4n) is 2.12. The van der Waals surface area contributed by atoms with Crippen LogP contribution in [0.2, 0.25) is 0 Å². The van der Waals surface area contributed by atoms with E-state index in [1.165, 1.54) is 0 Å². The van der Waals surface area contributed by atoms with Gasteiger partial charge >= 0.3 is 17.9 Å². The van der Waals surface area contributed by atoms with Crippen LogP contribution >= 0.6 is 0 Å². The second-order valence-electron chi connectivity index (χ2n) is 8.55. The van der Waals surface area contributed by atoms with E-state index in [1.807, 2.05) is 0 Å². The molecule has 0 heterocycles. The molecule has 0 aromatic rings. The van der Waals surface area contributed by atoms with Crippen molar-refractivity contribution < 1.29 is 43.2 Å². The summed E-state index contributed by atoms with van der Waals surface area (Å²) in [4.78, 5) is 36.1. The van der Waals surface area contributed by atoms with Crippen LogP contribution in [0.25, 0.3) is 0 Å². The largest absolute Gasteiger partial charge is 0.480 e. The van der Waals surface area contributed by atoms with Crippen molar-refractivity contribution in [3.63, 3.8) is 0 Å². The molecule has 0 saturated carbocycles. The number of hydrogen-bond acceptors (Lipinski definition) is 9. The number of carboxylic acids is 1. The first-order chi connectivity index (χ1) is 13.8. The van der Waals surface area contributed by atoms with E-state index < -0.39 is 29.1 Å². The number of carbonyl (C=O) groups is 3. The molecule has 0 radical (unpaired) electrons. The Balaban J connectivity index is 4.25. The molecule has 0 fully saturated rings. The summed E-state index contributed by atoms with van der Waals surface area (Å²) < 4.78 is 26.2. The third-order valence-electron chi connectivity index (χ3n) is 3.07. The molecule has 0 aliphatic heterocycles. The minimum absolute atomic E-state index is 0.0582. The molecular weight excluding hydrogens is 398 g/mol. The molecule has 1 N–H and O–H groups in total. The number of esters is 2. The molecule has 0 saturated heterocycles. The minimum Gasteiger partial charge on any atom is -0.480 e. The molecule has 30 heavy (non-hydrogen) atoms. The van der Waals surface area contributed by atoms with Gasteiger partial charge in [0.1, 0.15) is 17.8 Å². The first-order valence-electron chi connectivity index (χ1n) is 9.89. The summed E-state index contributed by atoms with van der Waals surface area (Å²) in [7, 11) is 0. The lowest BCUT2D eigenvalue weighted by Crippen LogP contribution is -2.41. The topological polar surface area (TPSA) is 121 Å². The van der Waals surface area contributed by atoms with Crippen molar-refractivity contribution in [1.29, 1.82) is 0 Å². The van der Waals surface area contributed by atoms with Gasteiger partial charge in [0, 0.05) is 6.54 Å². The summed E-state index contributed by atoms with van der Waals surface area (Å²) in [6.07, 6.45) is 0. The Labute approximate surface area is 178 Å². The normalized spacial score (nSPS) is 12.1. The van der Waals surface area contributed by atoms with E-state index in [-0.39, 0.29) is 39.5 Å². The highest BCUT2D eigenvalue weighted by atomic mass is 16.6. The zero-order valence-electron chi connectivity index (χ0n) is 19.0. The number of ether oxygens (including phenoxy) is 5. The van der Waals surface area contributed by atoms with Gasteiger partial charge in [-0.15, -0.1) is 0 Å². The van der Waals surface area contributed by atoms with E-state index in [2.05, 4.69) is 0 Å². The molecule has 0 bridgehead atoms. The van der Waals surface area contributed by atoms with Crippen LogP contribution in [0.3, 0.4) is 0 Å². The fraction of sp³-hybridized carbons (Fsp3) is 0.850. The number of rotatable bonds is 15. The van der Waals surface area contributed by atoms with Gasteiger partial charge in [-0.2, -0.15) is 0 Å². The summed E-state index contributed by atoms with van der Waals surface area (Å²) in [5, 5.41) is 8.43. The number of hydrogen-bond donors (Lipinski definition) is 1. The first kappa shape index (κ1) is 28.2. The zero-order valence-corrected chi connectivity index (χ0v) is 19.0. The summed E-state index contributed by atoms with van der Waals surface area (Å²) in [5.41, 5.74) is -1.23. The Hall–Kier alpha value is -1.75. The lowest BCUT2D eigenvalue weighted by molar-refractivity contribution is -0.160. The van der Waals surface area contributed by atoms with Gasteiger partial charge < -0.3 is 28.8 Å². The standard InChI is InChI=1S/C20H37NO9/c1-19(2,3)29-17(24)13-21(14-18(25)30-20(4,5)6)7-8-26-9-10-27-11-12-28-15-16(22)23/h7-15H2,1-6H3,(H,22,23). The SMILES string of the molecule is CC(C)(C)OC(=O)CN(CCOCCOCCOCC(=O)O)CC(=O)OC(C)(C)C. The Morgan fingerprint density at radius 2 is 1.10 bits per heavy atom. The van der Waals surface area contributed by atoms with Crippen LogP contribution in [0.4, 0.5) is 0 Å². The van der Waals surface area contributed by atoms with Crippen molar-refractivity contribution in [2.24, 2.45) is 0 Å². The molecule has 176 valence electrons. The molecule has 0 amide bonds. The maximum Gasteiger partial charge on any atom is 0.329 e. The second-order valence-corrected chi connectivity index (χ2v) is 8.55. The highest BCUT2D eigenvalue weighted by Gasteiger charge is 2.23. The summed E-state index contributed by atoms with van der Waals surface area (Å²) in [5.74, 6) is -1.90. The third kappa shape index (κ3) is 19.6. The van der Waals surface area contributed by atoms with E-state index in [0.29, 0.717) is 19.8 Å². The van der Waals surface area contributed by atoms with Crippen LogP contribution in [0.5, 0.6) is 0 Å². The van der Waals surface area contributed by atoms with Gasteiger partial charge in [0.15, 0.2) is 0 Å². The molecule has 0 unspecified atom stereocenters. The molecule has 0 atom stereocenters. The van der Waals surface area contributed by atoms with Crippen LogP contribution in [-0.4, -0.2) is 98.4 Å². The van der Waals surface area contributed by atoms with E-state index in [4.69, 9.17) is 28.8 Å². The highest BCUT2D eigenvalue weighted by Crippen LogP contribution is 2.09. The molecular formula is C20H37NO9. The van der Waals surface area contributed by atoms with E-state index in [0.717, 1.165) is 0 Å². The van der Waals surface area contributed by atoms with Crippen molar-refractivity contribution in [2.45, 2.75) is 52.7 Å². The van der Waals surface area contributed by atoms with E-state index in [1.54, 1.807) is 46.4 Å². The maximum absolute atomic E-state index is 12.1. The summed E-state index contributed by atoms with van der Waals surface area (Å²) in [6, 6.07) is 0. The summed E-state index contributed by atoms with van der Waals surface area (Å²) in [6.45, 7) is 11.9. The predicted octanol–water partition coefficient (Wildman–Crippen LogP) is 1.11. The molecule has 10 heteroatoms. The Morgan fingerprint density at radius 1 is 0.700 bits per heavy atom.